The lowest BCUT2D eigenvalue weighted by molar-refractivity contribution is -0.111. The van der Waals surface area contributed by atoms with Crippen LogP contribution in [-0.2, 0) is 9.53 Å². The van der Waals surface area contributed by atoms with Gasteiger partial charge in [-0.3, -0.25) is 4.79 Å². The first-order valence-corrected chi connectivity index (χ1v) is 10.0. The van der Waals surface area contributed by atoms with Gasteiger partial charge >= 0.3 is 5.97 Å². The first-order chi connectivity index (χ1) is 13.5. The fraction of sp³-hybridized carbons (Fsp3) is 0.273. The van der Waals surface area contributed by atoms with Gasteiger partial charge in [0, 0.05) is 21.8 Å². The summed E-state index contributed by atoms with van der Waals surface area (Å²) in [5.74, 6) is 0.000999. The van der Waals surface area contributed by atoms with Crippen LogP contribution in [0.4, 0.5) is 5.69 Å². The smallest absolute Gasteiger partial charge is 0.338 e. The van der Waals surface area contributed by atoms with Crippen LogP contribution in [-0.4, -0.2) is 25.1 Å². The molecule has 0 heterocycles. The van der Waals surface area contributed by atoms with Crippen LogP contribution in [0.3, 0.4) is 0 Å². The van der Waals surface area contributed by atoms with Crippen LogP contribution < -0.4 is 10.1 Å². The van der Waals surface area contributed by atoms with Gasteiger partial charge in [0.05, 0.1) is 18.8 Å². The van der Waals surface area contributed by atoms with E-state index in [0.29, 0.717) is 30.2 Å². The van der Waals surface area contributed by atoms with Crippen molar-refractivity contribution in [2.24, 2.45) is 0 Å². The predicted molar refractivity (Wildman–Crippen MR) is 115 cm³/mol. The van der Waals surface area contributed by atoms with Gasteiger partial charge in [-0.2, -0.15) is 0 Å². The van der Waals surface area contributed by atoms with E-state index in [1.807, 2.05) is 32.0 Å². The van der Waals surface area contributed by atoms with Gasteiger partial charge in [0.15, 0.2) is 0 Å². The zero-order valence-corrected chi connectivity index (χ0v) is 17.6. The second kappa shape index (κ2) is 11.3. The molecule has 0 aromatic heterocycles. The molecule has 0 saturated heterocycles. The summed E-state index contributed by atoms with van der Waals surface area (Å²) in [6.07, 6.45) is 4.90. The predicted octanol–water partition coefficient (Wildman–Crippen LogP) is 5.46. The van der Waals surface area contributed by atoms with Gasteiger partial charge in [0.25, 0.3) is 0 Å². The van der Waals surface area contributed by atoms with Gasteiger partial charge in [-0.05, 0) is 55.8 Å². The van der Waals surface area contributed by atoms with Crippen LogP contribution in [0.1, 0.15) is 42.6 Å². The number of ether oxygens (including phenoxy) is 2. The molecule has 2 rings (SSSR count). The highest BCUT2D eigenvalue weighted by Crippen LogP contribution is 2.24. The molecule has 148 valence electrons. The first-order valence-electron chi connectivity index (χ1n) is 9.22. The third kappa shape index (κ3) is 6.85. The van der Waals surface area contributed by atoms with E-state index >= 15 is 0 Å². The summed E-state index contributed by atoms with van der Waals surface area (Å²) in [5, 5.41) is 2.75. The number of hydrogen-bond acceptors (Lipinski definition) is 4. The molecule has 0 bridgehead atoms. The Kier molecular flexibility index (Phi) is 8.75. The number of hydrogen-bond donors (Lipinski definition) is 1. The Morgan fingerprint density at radius 3 is 2.71 bits per heavy atom. The number of esters is 1. The van der Waals surface area contributed by atoms with Crippen molar-refractivity contribution in [2.75, 3.05) is 18.5 Å². The van der Waals surface area contributed by atoms with Crippen LogP contribution in [0.5, 0.6) is 5.75 Å². The minimum Gasteiger partial charge on any atom is -0.493 e. The van der Waals surface area contributed by atoms with Crippen molar-refractivity contribution in [2.45, 2.75) is 26.7 Å². The number of carbonyl (C=O) groups excluding carboxylic acids is 2. The molecule has 6 heteroatoms. The Hall–Kier alpha value is -2.60. The van der Waals surface area contributed by atoms with Crippen molar-refractivity contribution in [1.29, 1.82) is 0 Å². The number of anilines is 1. The third-order valence-corrected chi connectivity index (χ3v) is 4.28. The Morgan fingerprint density at radius 1 is 1.14 bits per heavy atom. The molecule has 1 N–H and O–H groups in total. The highest BCUT2D eigenvalue weighted by Gasteiger charge is 2.08. The van der Waals surface area contributed by atoms with Gasteiger partial charge < -0.3 is 14.8 Å². The van der Waals surface area contributed by atoms with Gasteiger partial charge in [-0.1, -0.05) is 35.3 Å². The number of unbranched alkanes of at least 4 members (excludes halogenated alkanes) is 1. The zero-order chi connectivity index (χ0) is 20.4. The van der Waals surface area contributed by atoms with Crippen molar-refractivity contribution < 1.29 is 19.1 Å². The Labute approximate surface area is 173 Å². The molecule has 0 spiro atoms. The Morgan fingerprint density at radius 2 is 1.96 bits per heavy atom. The fourth-order valence-electron chi connectivity index (χ4n) is 2.40. The van der Waals surface area contributed by atoms with E-state index in [1.54, 1.807) is 30.3 Å². The summed E-state index contributed by atoms with van der Waals surface area (Å²) in [6, 6.07) is 12.3. The van der Waals surface area contributed by atoms with E-state index in [-0.39, 0.29) is 5.91 Å². The highest BCUT2D eigenvalue weighted by atomic mass is 79.9. The zero-order valence-electron chi connectivity index (χ0n) is 16.0. The van der Waals surface area contributed by atoms with Crippen molar-refractivity contribution in [3.63, 3.8) is 0 Å². The molecule has 2 aromatic rings. The van der Waals surface area contributed by atoms with E-state index in [4.69, 9.17) is 9.47 Å². The number of benzene rings is 2. The number of amides is 1. The van der Waals surface area contributed by atoms with E-state index < -0.39 is 5.97 Å². The number of carbonyl (C=O) groups is 2. The maximum Gasteiger partial charge on any atom is 0.338 e. The first kappa shape index (κ1) is 21.7. The Bertz CT molecular complexity index is 848. The van der Waals surface area contributed by atoms with Crippen LogP contribution >= 0.6 is 15.9 Å². The number of halogens is 1. The highest BCUT2D eigenvalue weighted by molar-refractivity contribution is 9.10. The molecule has 0 atom stereocenters. The maximum absolute atomic E-state index is 12.3. The van der Waals surface area contributed by atoms with Crippen molar-refractivity contribution in [3.05, 3.63) is 64.1 Å². The lowest BCUT2D eigenvalue weighted by atomic mass is 10.2. The molecule has 0 aliphatic rings. The monoisotopic (exact) mass is 445 g/mol. The number of nitrogens with one attached hydrogen (secondary N) is 1. The molecule has 2 aromatic carbocycles. The lowest BCUT2D eigenvalue weighted by Crippen LogP contribution is -2.10. The van der Waals surface area contributed by atoms with Gasteiger partial charge in [-0.15, -0.1) is 0 Å². The summed E-state index contributed by atoms with van der Waals surface area (Å²) in [7, 11) is 0. The quantitative estimate of drug-likeness (QED) is 0.316. The van der Waals surface area contributed by atoms with E-state index in [2.05, 4.69) is 21.2 Å². The van der Waals surface area contributed by atoms with Gasteiger partial charge in [0.1, 0.15) is 5.75 Å². The molecule has 0 fully saturated rings. The SMILES string of the molecule is CCCCOC(=O)c1cccc(NC(=O)C=Cc2cc(Br)ccc2OCC)c1. The van der Waals surface area contributed by atoms with Gasteiger partial charge in [-0.25, -0.2) is 4.79 Å². The van der Waals surface area contributed by atoms with Crippen LogP contribution in [0.2, 0.25) is 0 Å². The average Bonchev–Trinajstić information content (AvgIpc) is 2.68. The molecule has 0 aliphatic heterocycles. The number of rotatable bonds is 9. The minimum atomic E-state index is -0.393. The van der Waals surface area contributed by atoms with Crippen LogP contribution in [0.15, 0.2) is 53.0 Å². The summed E-state index contributed by atoms with van der Waals surface area (Å²) in [4.78, 5) is 24.3. The Balaban J connectivity index is 2.03. The largest absolute Gasteiger partial charge is 0.493 e. The molecule has 0 unspecified atom stereocenters. The summed E-state index contributed by atoms with van der Waals surface area (Å²) >= 11 is 3.42. The summed E-state index contributed by atoms with van der Waals surface area (Å²) in [6.45, 7) is 4.87. The van der Waals surface area contributed by atoms with E-state index in [0.717, 1.165) is 22.9 Å². The third-order valence-electron chi connectivity index (χ3n) is 3.78. The van der Waals surface area contributed by atoms with Gasteiger partial charge in [0.2, 0.25) is 5.91 Å². The normalized spacial score (nSPS) is 10.7. The average molecular weight is 446 g/mol. The topological polar surface area (TPSA) is 64.6 Å². The second-order valence-electron chi connectivity index (χ2n) is 6.01. The maximum atomic E-state index is 12.3. The van der Waals surface area contributed by atoms with E-state index in [9.17, 15) is 9.59 Å². The molecule has 1 amide bonds. The molecule has 28 heavy (non-hydrogen) atoms. The van der Waals surface area contributed by atoms with Crippen LogP contribution in [0, 0.1) is 0 Å². The van der Waals surface area contributed by atoms with Crippen molar-refractivity contribution >= 4 is 39.6 Å². The summed E-state index contributed by atoms with van der Waals surface area (Å²) in [5.41, 5.74) is 1.72. The second-order valence-corrected chi connectivity index (χ2v) is 6.92. The lowest BCUT2D eigenvalue weighted by Gasteiger charge is -2.08. The molecular formula is C22H24BrNO4. The molecule has 0 saturated carbocycles. The molecule has 0 radical (unpaired) electrons. The fourth-order valence-corrected chi connectivity index (χ4v) is 2.78. The standard InChI is InChI=1S/C22H24BrNO4/c1-3-5-13-28-22(26)17-7-6-8-19(15-17)24-21(25)12-9-16-14-18(23)10-11-20(16)27-4-2/h6-12,14-15H,3-5,13H2,1-2H3,(H,24,25). The summed E-state index contributed by atoms with van der Waals surface area (Å²) < 4.78 is 11.7. The van der Waals surface area contributed by atoms with E-state index in [1.165, 1.54) is 6.08 Å². The van der Waals surface area contributed by atoms with Crippen molar-refractivity contribution in [1.82, 2.24) is 0 Å². The van der Waals surface area contributed by atoms with Crippen LogP contribution in [0.25, 0.3) is 6.08 Å². The van der Waals surface area contributed by atoms with Crippen molar-refractivity contribution in [3.8, 4) is 5.75 Å². The molecular weight excluding hydrogens is 422 g/mol. The molecule has 0 aliphatic carbocycles. The minimum absolute atomic E-state index is 0.307. The molecule has 5 nitrogen and oxygen atoms in total.